The number of carboxylic acid groups (broad SMARTS) is 1. The zero-order valence-corrected chi connectivity index (χ0v) is 17.8. The molecule has 164 valence electrons. The van der Waals surface area contributed by atoms with Crippen LogP contribution in [-0.2, 0) is 0 Å². The molecule has 6 heteroatoms. The summed E-state index contributed by atoms with van der Waals surface area (Å²) in [6.45, 7) is 0.938. The van der Waals surface area contributed by atoms with Gasteiger partial charge in [-0.05, 0) is 65.8 Å². The number of benzene rings is 2. The van der Waals surface area contributed by atoms with Gasteiger partial charge in [-0.3, -0.25) is 10.1 Å². The van der Waals surface area contributed by atoms with Gasteiger partial charge in [0, 0.05) is 30.3 Å². The Morgan fingerprint density at radius 3 is 2.75 bits per heavy atom. The fraction of sp³-hybridized carbons (Fsp3) is 0.423. The fourth-order valence-corrected chi connectivity index (χ4v) is 6.92. The summed E-state index contributed by atoms with van der Waals surface area (Å²) in [7, 11) is 0. The minimum atomic E-state index is -0.868. The van der Waals surface area contributed by atoms with Crippen LogP contribution in [0.1, 0.15) is 77.0 Å². The Hall–Kier alpha value is -3.15. The van der Waals surface area contributed by atoms with Crippen LogP contribution in [0.25, 0.3) is 0 Å². The van der Waals surface area contributed by atoms with E-state index >= 15 is 0 Å². The van der Waals surface area contributed by atoms with E-state index in [4.69, 9.17) is 0 Å². The molecular weight excluding hydrogens is 404 g/mol. The summed E-state index contributed by atoms with van der Waals surface area (Å²) in [5.41, 5.74) is 5.02. The Balaban J connectivity index is 1.57. The quantitative estimate of drug-likeness (QED) is 0.378. The van der Waals surface area contributed by atoms with E-state index in [1.54, 1.807) is 18.2 Å². The smallest absolute Gasteiger partial charge is 0.335 e. The molecule has 0 unspecified atom stereocenters. The van der Waals surface area contributed by atoms with Crippen molar-refractivity contribution in [1.82, 2.24) is 0 Å². The second-order valence-corrected chi connectivity index (χ2v) is 9.76. The Kier molecular flexibility index (Phi) is 4.39. The lowest BCUT2D eigenvalue weighted by Crippen LogP contribution is -2.47. The molecule has 6 rings (SSSR count). The maximum absolute atomic E-state index is 12.0. The van der Waals surface area contributed by atoms with Crippen molar-refractivity contribution in [3.63, 3.8) is 0 Å². The second kappa shape index (κ2) is 7.19. The molecule has 2 heterocycles. The van der Waals surface area contributed by atoms with Gasteiger partial charge in [0.2, 0.25) is 0 Å². The van der Waals surface area contributed by atoms with Crippen molar-refractivity contribution in [1.29, 1.82) is 0 Å². The molecule has 1 N–H and O–H groups in total. The van der Waals surface area contributed by atoms with Crippen molar-refractivity contribution in [2.45, 2.75) is 50.0 Å². The van der Waals surface area contributed by atoms with E-state index in [0.717, 1.165) is 36.9 Å². The highest BCUT2D eigenvalue weighted by molar-refractivity contribution is 5.90. The molecule has 1 fully saturated rings. The number of nitro groups is 1. The van der Waals surface area contributed by atoms with E-state index in [1.807, 2.05) is 18.2 Å². The normalized spacial score (nSPS) is 29.8. The third-order valence-corrected chi connectivity index (χ3v) is 8.18. The maximum Gasteiger partial charge on any atom is 0.335 e. The molecule has 2 aliphatic carbocycles. The standard InChI is InChI=1S/C26H26N2O4/c29-26(30)17-12-22-19-8-2-1-5-16(19)14-27-24(15-6-3-7-18(11-15)28(31)32)21-10-4-9-20(21)23(13-17)25(22)27/h3-4,6-7,9,11-13,16,19-21,24H,1-2,5,8,10,14H2,(H,29,30)/t16-,19-,20+,21-,24-/m1/s1. The topological polar surface area (TPSA) is 83.7 Å². The predicted molar refractivity (Wildman–Crippen MR) is 121 cm³/mol. The molecule has 0 radical (unpaired) electrons. The summed E-state index contributed by atoms with van der Waals surface area (Å²) < 4.78 is 0. The van der Waals surface area contributed by atoms with Crippen LogP contribution in [0.3, 0.4) is 0 Å². The first-order valence-electron chi connectivity index (χ1n) is 11.6. The highest BCUT2D eigenvalue weighted by Crippen LogP contribution is 2.59. The number of non-ortho nitro benzene ring substituents is 1. The van der Waals surface area contributed by atoms with Crippen LogP contribution in [0.4, 0.5) is 11.4 Å². The van der Waals surface area contributed by atoms with Crippen molar-refractivity contribution in [3.8, 4) is 0 Å². The molecular formula is C26H26N2O4. The Morgan fingerprint density at radius 1 is 1.12 bits per heavy atom. The predicted octanol–water partition coefficient (Wildman–Crippen LogP) is 5.80. The molecule has 6 nitrogen and oxygen atoms in total. The Morgan fingerprint density at radius 2 is 1.94 bits per heavy atom. The average Bonchev–Trinajstić information content (AvgIpc) is 3.29. The highest BCUT2D eigenvalue weighted by Gasteiger charge is 2.48. The van der Waals surface area contributed by atoms with Gasteiger partial charge in [-0.1, -0.05) is 37.1 Å². The van der Waals surface area contributed by atoms with Crippen molar-refractivity contribution in [2.75, 3.05) is 11.4 Å². The third-order valence-electron chi connectivity index (χ3n) is 8.18. The summed E-state index contributed by atoms with van der Waals surface area (Å²) in [4.78, 5) is 25.7. The molecule has 4 aliphatic rings. The third kappa shape index (κ3) is 2.81. The molecule has 0 amide bonds. The monoisotopic (exact) mass is 430 g/mol. The van der Waals surface area contributed by atoms with Crippen molar-refractivity contribution in [2.24, 2.45) is 11.8 Å². The van der Waals surface area contributed by atoms with Crippen LogP contribution in [0.15, 0.2) is 48.6 Å². The van der Waals surface area contributed by atoms with Crippen molar-refractivity contribution in [3.05, 3.63) is 80.9 Å². The van der Waals surface area contributed by atoms with E-state index in [9.17, 15) is 20.0 Å². The number of carbonyl (C=O) groups is 1. The zero-order chi connectivity index (χ0) is 22.0. The molecule has 32 heavy (non-hydrogen) atoms. The number of rotatable bonds is 3. The van der Waals surface area contributed by atoms with Gasteiger partial charge in [0.05, 0.1) is 16.5 Å². The number of aromatic carboxylic acids is 1. The Bertz CT molecular complexity index is 1160. The van der Waals surface area contributed by atoms with Gasteiger partial charge in [0.1, 0.15) is 0 Å². The largest absolute Gasteiger partial charge is 0.478 e. The lowest BCUT2D eigenvalue weighted by Gasteiger charge is -2.53. The second-order valence-electron chi connectivity index (χ2n) is 9.76. The van der Waals surface area contributed by atoms with Gasteiger partial charge in [0.15, 0.2) is 0 Å². The minimum absolute atomic E-state index is 0.0553. The molecule has 0 saturated heterocycles. The van der Waals surface area contributed by atoms with Crippen molar-refractivity contribution < 1.29 is 14.8 Å². The maximum atomic E-state index is 12.0. The van der Waals surface area contributed by atoms with E-state index < -0.39 is 5.97 Å². The SMILES string of the molecule is O=C(O)c1cc2c3c(c1)[C@@H]1CCCC[C@@H]1CN3[C@H](c1cccc([N+](=O)[O-])c1)[C@@H]1CC=C[C@H]21. The van der Waals surface area contributed by atoms with Gasteiger partial charge in [-0.25, -0.2) is 4.79 Å². The van der Waals surface area contributed by atoms with Gasteiger partial charge >= 0.3 is 5.97 Å². The van der Waals surface area contributed by atoms with Gasteiger partial charge in [-0.2, -0.15) is 0 Å². The van der Waals surface area contributed by atoms with E-state index in [-0.39, 0.29) is 28.5 Å². The summed E-state index contributed by atoms with van der Waals surface area (Å²) in [5, 5.41) is 21.3. The van der Waals surface area contributed by atoms with Crippen molar-refractivity contribution >= 4 is 17.3 Å². The summed E-state index contributed by atoms with van der Waals surface area (Å²) >= 11 is 0. The first-order chi connectivity index (χ1) is 15.5. The van der Waals surface area contributed by atoms with E-state index in [2.05, 4.69) is 17.1 Å². The highest BCUT2D eigenvalue weighted by atomic mass is 16.6. The number of allylic oxidation sites excluding steroid dienone is 2. The number of fused-ring (bicyclic) bond motifs is 4. The number of hydrogen-bond donors (Lipinski definition) is 1. The average molecular weight is 431 g/mol. The number of nitro benzene ring substituents is 1. The van der Waals surface area contributed by atoms with Gasteiger partial charge < -0.3 is 10.0 Å². The first-order valence-corrected chi connectivity index (χ1v) is 11.6. The Labute approximate surface area is 186 Å². The lowest BCUT2D eigenvalue weighted by molar-refractivity contribution is -0.384. The molecule has 0 bridgehead atoms. The fourth-order valence-electron chi connectivity index (χ4n) is 6.92. The van der Waals surface area contributed by atoms with Crippen LogP contribution in [0.2, 0.25) is 0 Å². The molecule has 2 aromatic rings. The summed E-state index contributed by atoms with van der Waals surface area (Å²) in [6.07, 6.45) is 9.99. The van der Waals surface area contributed by atoms with Crippen LogP contribution in [0.5, 0.6) is 0 Å². The zero-order valence-electron chi connectivity index (χ0n) is 17.8. The van der Waals surface area contributed by atoms with Crippen LogP contribution < -0.4 is 4.90 Å². The van der Waals surface area contributed by atoms with Crippen LogP contribution in [-0.4, -0.2) is 22.5 Å². The lowest BCUT2D eigenvalue weighted by atomic mass is 9.66. The first kappa shape index (κ1) is 19.5. The molecule has 2 aromatic carbocycles. The van der Waals surface area contributed by atoms with Crippen LogP contribution in [0, 0.1) is 22.0 Å². The van der Waals surface area contributed by atoms with Gasteiger partial charge in [0.25, 0.3) is 5.69 Å². The molecule has 0 spiro atoms. The van der Waals surface area contributed by atoms with Crippen LogP contribution >= 0.6 is 0 Å². The molecule has 0 aromatic heterocycles. The number of anilines is 1. The molecule has 5 atom stereocenters. The minimum Gasteiger partial charge on any atom is -0.478 e. The summed E-state index contributed by atoms with van der Waals surface area (Å²) in [5.74, 6) is 0.430. The van der Waals surface area contributed by atoms with E-state index in [0.29, 0.717) is 17.4 Å². The van der Waals surface area contributed by atoms with Gasteiger partial charge in [-0.15, -0.1) is 0 Å². The number of carboxylic acids is 1. The number of nitrogens with zero attached hydrogens (tertiary/aromatic N) is 2. The summed E-state index contributed by atoms with van der Waals surface area (Å²) in [6, 6.07) is 11.0. The molecule has 2 aliphatic heterocycles. The number of hydrogen-bond acceptors (Lipinski definition) is 4. The van der Waals surface area contributed by atoms with E-state index in [1.165, 1.54) is 24.1 Å². The molecule has 1 saturated carbocycles.